The number of rotatable bonds is 1. The number of aromatic nitrogens is 3. The third-order valence-corrected chi connectivity index (χ3v) is 3.68. The van der Waals surface area contributed by atoms with E-state index in [9.17, 15) is 9.90 Å². The Morgan fingerprint density at radius 3 is 2.56 bits per heavy atom. The molecule has 1 aliphatic heterocycles. The van der Waals surface area contributed by atoms with Gasteiger partial charge < -0.3 is 10.1 Å². The first-order chi connectivity index (χ1) is 8.18. The molecule has 2 aromatic heterocycles. The largest absolute Gasteiger partial charge is 0.502 e. The summed E-state index contributed by atoms with van der Waals surface area (Å²) in [6, 6.07) is 0. The summed E-state index contributed by atoms with van der Waals surface area (Å²) in [5, 5.41) is 13.9. The minimum Gasteiger partial charge on any atom is -0.502 e. The Morgan fingerprint density at radius 1 is 1.33 bits per heavy atom. The van der Waals surface area contributed by atoms with Gasteiger partial charge >= 0.3 is 0 Å². The van der Waals surface area contributed by atoms with Crippen LogP contribution >= 0.6 is 11.3 Å². The molecule has 0 unspecified atom stereocenters. The second-order valence-electron chi connectivity index (χ2n) is 4.14. The predicted molar refractivity (Wildman–Crippen MR) is 64.3 cm³/mol. The Balaban J connectivity index is 0.00000120. The van der Waals surface area contributed by atoms with E-state index in [-0.39, 0.29) is 49.7 Å². The van der Waals surface area contributed by atoms with Crippen LogP contribution in [-0.2, 0) is 45.8 Å². The average molecular weight is 339 g/mol. The van der Waals surface area contributed by atoms with Crippen LogP contribution in [0.25, 0.3) is 11.3 Å². The van der Waals surface area contributed by atoms with E-state index in [0.29, 0.717) is 18.8 Å². The van der Waals surface area contributed by atoms with Gasteiger partial charge in [0.15, 0.2) is 5.88 Å². The molecule has 0 atom stereocenters. The maximum absolute atomic E-state index is 12.2. The molecule has 1 radical (unpaired) electrons. The van der Waals surface area contributed by atoms with Crippen LogP contribution in [0.15, 0.2) is 4.79 Å². The first-order valence-electron chi connectivity index (χ1n) is 5.56. The van der Waals surface area contributed by atoms with Gasteiger partial charge in [-0.05, 0) is 23.5 Å². The van der Waals surface area contributed by atoms with Crippen molar-refractivity contribution in [2.75, 3.05) is 0 Å². The maximum atomic E-state index is 12.2. The van der Waals surface area contributed by atoms with Crippen LogP contribution in [0.1, 0.15) is 17.8 Å². The number of aromatic hydroxyl groups is 1. The Kier molecular flexibility index (Phi) is 4.09. The Morgan fingerprint density at radius 2 is 2.00 bits per heavy atom. The molecule has 0 aliphatic carbocycles. The fourth-order valence-electron chi connectivity index (χ4n) is 2.19. The second kappa shape index (κ2) is 5.27. The summed E-state index contributed by atoms with van der Waals surface area (Å²) in [6.07, 6.45) is 1.96. The van der Waals surface area contributed by atoms with E-state index in [0.717, 1.165) is 17.8 Å². The van der Waals surface area contributed by atoms with Gasteiger partial charge in [-0.1, -0.05) is 12.3 Å². The predicted octanol–water partition coefficient (Wildman–Crippen LogP) is 1.38. The molecule has 93 valence electrons. The molecule has 5 nitrogen and oxygen atoms in total. The number of thiazole rings is 1. The molecule has 1 aliphatic rings. The molecule has 0 fully saturated rings. The fourth-order valence-corrected chi connectivity index (χ4v) is 2.72. The van der Waals surface area contributed by atoms with Crippen LogP contribution in [0.4, 0.5) is 0 Å². The first-order valence-corrected chi connectivity index (χ1v) is 6.38. The summed E-state index contributed by atoms with van der Waals surface area (Å²) in [5.41, 5.74) is 0.587. The Bertz CT molecular complexity index is 629. The average Bonchev–Trinajstić information content (AvgIpc) is 2.84. The van der Waals surface area contributed by atoms with E-state index in [1.54, 1.807) is 9.36 Å². The normalized spacial score (nSPS) is 14.1. The van der Waals surface area contributed by atoms with E-state index in [4.69, 9.17) is 0 Å². The van der Waals surface area contributed by atoms with Crippen molar-refractivity contribution in [2.24, 2.45) is 0 Å². The first kappa shape index (κ1) is 14.0. The van der Waals surface area contributed by atoms with Crippen molar-refractivity contribution in [2.45, 2.75) is 32.9 Å². The van der Waals surface area contributed by atoms with Crippen molar-refractivity contribution >= 4 is 11.3 Å². The van der Waals surface area contributed by atoms with Crippen molar-refractivity contribution in [3.63, 3.8) is 0 Å². The van der Waals surface area contributed by atoms with Crippen LogP contribution in [0.5, 0.6) is 5.88 Å². The number of hydrogen-bond acceptors (Lipinski definition) is 4. The van der Waals surface area contributed by atoms with E-state index in [2.05, 4.69) is 10.4 Å². The van der Waals surface area contributed by atoms with Gasteiger partial charge in [-0.25, -0.2) is 0 Å². The van der Waals surface area contributed by atoms with E-state index in [1.165, 1.54) is 11.3 Å². The van der Waals surface area contributed by atoms with Gasteiger partial charge in [0.25, 0.3) is 0 Å². The third kappa shape index (κ3) is 2.10. The monoisotopic (exact) mass is 339 g/mol. The molecule has 18 heavy (non-hydrogen) atoms. The van der Waals surface area contributed by atoms with E-state index >= 15 is 0 Å². The fraction of sp³-hybridized carbons (Fsp3) is 0.455. The Hall–Kier alpha value is -0.456. The minimum atomic E-state index is -0.163. The second-order valence-corrected chi connectivity index (χ2v) is 5.14. The molecule has 7 heteroatoms. The van der Waals surface area contributed by atoms with Crippen molar-refractivity contribution in [1.82, 2.24) is 14.3 Å². The van der Waals surface area contributed by atoms with Crippen LogP contribution in [0, 0.1) is 12.3 Å². The van der Waals surface area contributed by atoms with Crippen molar-refractivity contribution in [3.05, 3.63) is 20.7 Å². The molecule has 0 saturated heterocycles. The summed E-state index contributed by atoms with van der Waals surface area (Å²) in [6.45, 7) is 3.20. The summed E-state index contributed by atoms with van der Waals surface area (Å²) < 4.78 is 3.24. The SMILES string of the molecule is Cc1nc(-c2c(O)n3n(c2=O)CCCC3)[c-]s1.[Y]. The van der Waals surface area contributed by atoms with Crippen molar-refractivity contribution < 1.29 is 37.8 Å². The molecule has 1 N–H and O–H groups in total. The van der Waals surface area contributed by atoms with E-state index < -0.39 is 0 Å². The quantitative estimate of drug-likeness (QED) is 0.799. The van der Waals surface area contributed by atoms with E-state index in [1.807, 2.05) is 6.92 Å². The van der Waals surface area contributed by atoms with Crippen LogP contribution in [0.3, 0.4) is 0 Å². The molecule has 0 saturated carbocycles. The van der Waals surface area contributed by atoms with Gasteiger partial charge in [0.1, 0.15) is 0 Å². The van der Waals surface area contributed by atoms with Crippen LogP contribution in [-0.4, -0.2) is 19.5 Å². The number of fused-ring (bicyclic) bond motifs is 1. The molecule has 3 heterocycles. The maximum Gasteiger partial charge on any atom is 0.224 e. The minimum absolute atomic E-state index is 0. The summed E-state index contributed by atoms with van der Waals surface area (Å²) in [4.78, 5) is 16.4. The standard InChI is InChI=1S/C11H12N3O2S.Y/c1-7-12-8(6-17-7)9-10(15)13-4-2-3-5-14(13)11(9)16;/h15H,2-5H2,1H3;/q-1;. The zero-order chi connectivity index (χ0) is 12.0. The van der Waals surface area contributed by atoms with Crippen LogP contribution in [0.2, 0.25) is 0 Å². The topological polar surface area (TPSA) is 60.1 Å². The van der Waals surface area contributed by atoms with Gasteiger partial charge in [-0.15, -0.1) is 0 Å². The zero-order valence-electron chi connectivity index (χ0n) is 10.0. The van der Waals surface area contributed by atoms with Crippen LogP contribution < -0.4 is 5.56 Å². The number of nitrogens with zero attached hydrogens (tertiary/aromatic N) is 3. The van der Waals surface area contributed by atoms with Crippen molar-refractivity contribution in [3.8, 4) is 17.1 Å². The molecular formula is C11H12N3O2SY-. The molecule has 0 amide bonds. The summed E-state index contributed by atoms with van der Waals surface area (Å²) in [5.74, 6) is 0.0243. The molecule has 3 rings (SSSR count). The molecule has 0 aromatic carbocycles. The molecule has 2 aromatic rings. The molecule has 0 spiro atoms. The zero-order valence-corrected chi connectivity index (χ0v) is 13.7. The summed E-state index contributed by atoms with van der Waals surface area (Å²) >= 11 is 1.36. The van der Waals surface area contributed by atoms with Gasteiger partial charge in [-0.3, -0.25) is 25.5 Å². The van der Waals surface area contributed by atoms with Gasteiger partial charge in [0, 0.05) is 51.4 Å². The summed E-state index contributed by atoms with van der Waals surface area (Å²) in [7, 11) is 0. The van der Waals surface area contributed by atoms with Gasteiger partial charge in [-0.2, -0.15) is 0 Å². The Labute approximate surface area is 133 Å². The third-order valence-electron chi connectivity index (χ3n) is 3.00. The number of hydrogen-bond donors (Lipinski definition) is 1. The number of aryl methyl sites for hydroxylation is 1. The van der Waals surface area contributed by atoms with Crippen molar-refractivity contribution in [1.29, 1.82) is 0 Å². The van der Waals surface area contributed by atoms with Gasteiger partial charge in [0.2, 0.25) is 5.56 Å². The smallest absolute Gasteiger partial charge is 0.224 e. The van der Waals surface area contributed by atoms with Gasteiger partial charge in [0.05, 0.1) is 0 Å². The molecular weight excluding hydrogens is 327 g/mol. The molecule has 0 bridgehead atoms.